The number of nitrogens with zero attached hydrogens (tertiary/aromatic N) is 2. The molecule has 0 radical (unpaired) electrons. The van der Waals surface area contributed by atoms with Crippen molar-refractivity contribution in [3.05, 3.63) is 69.5 Å². The largest absolute Gasteiger partial charge is 0.359 e. The van der Waals surface area contributed by atoms with Gasteiger partial charge in [0.25, 0.3) is 5.56 Å². The highest BCUT2D eigenvalue weighted by molar-refractivity contribution is 8.23. The molecule has 1 aromatic heterocycles. The number of hydrogen-bond donors (Lipinski definition) is 4. The molecule has 32 heavy (non-hydrogen) atoms. The highest BCUT2D eigenvalue weighted by atomic mass is 35.5. The number of aromatic nitrogens is 2. The van der Waals surface area contributed by atoms with Gasteiger partial charge in [-0.1, -0.05) is 47.7 Å². The van der Waals surface area contributed by atoms with Crippen LogP contribution in [0.1, 0.15) is 5.56 Å². The summed E-state index contributed by atoms with van der Waals surface area (Å²) in [5, 5.41) is 18.8. The smallest absolute Gasteiger partial charge is 0.270 e. The Kier molecular flexibility index (Phi) is 6.41. The van der Waals surface area contributed by atoms with Gasteiger partial charge in [0.15, 0.2) is 0 Å². The van der Waals surface area contributed by atoms with Crippen LogP contribution in [-0.2, 0) is 4.79 Å². The van der Waals surface area contributed by atoms with Crippen LogP contribution in [0.3, 0.4) is 0 Å². The van der Waals surface area contributed by atoms with Crippen LogP contribution in [-0.4, -0.2) is 32.0 Å². The molecular weight excluding hydrogens is 468 g/mol. The van der Waals surface area contributed by atoms with Crippen LogP contribution >= 0.6 is 35.6 Å². The summed E-state index contributed by atoms with van der Waals surface area (Å²) in [4.78, 5) is 31.8. The fraction of sp³-hybridized carbons (Fsp3) is 0.0952. The first-order valence-electron chi connectivity index (χ1n) is 9.34. The summed E-state index contributed by atoms with van der Waals surface area (Å²) in [6.07, 6.45) is 0. The lowest BCUT2D eigenvalue weighted by Gasteiger charge is -2.12. The first-order valence-corrected chi connectivity index (χ1v) is 11.1. The standard InChI is InChI=1S/C21H15ClN6O2S2/c22-12-3-7-14(8-4-12)25-20-27-17(15(9-23)18(29)28-20)11-1-5-13(6-2-11)24-19(30)16-10-32-21(31)26-16/h1-8,16H,10H2,(H,24,30)(H,26,31)(H2,25,27,28,29)/t16-/m0/s1. The van der Waals surface area contributed by atoms with Gasteiger partial charge in [-0.25, -0.2) is 4.98 Å². The minimum absolute atomic E-state index is 0.107. The van der Waals surface area contributed by atoms with Crippen molar-refractivity contribution in [2.24, 2.45) is 0 Å². The number of H-pyrrole nitrogens is 1. The van der Waals surface area contributed by atoms with E-state index in [2.05, 4.69) is 25.9 Å². The zero-order valence-corrected chi connectivity index (χ0v) is 18.7. The molecular formula is C21H15ClN6O2S2. The SMILES string of the molecule is N#Cc1c(-c2ccc(NC(=O)[C@@H]3CSC(=S)N3)cc2)nc(Nc2ccc(Cl)cc2)[nH]c1=O. The summed E-state index contributed by atoms with van der Waals surface area (Å²) >= 11 is 12.4. The molecule has 0 saturated carbocycles. The molecule has 1 fully saturated rings. The number of amides is 1. The summed E-state index contributed by atoms with van der Waals surface area (Å²) in [6, 6.07) is 15.1. The van der Waals surface area contributed by atoms with E-state index in [0.29, 0.717) is 32.0 Å². The summed E-state index contributed by atoms with van der Waals surface area (Å²) in [5.41, 5.74) is 1.36. The molecule has 1 aliphatic rings. The van der Waals surface area contributed by atoms with Gasteiger partial charge >= 0.3 is 0 Å². The lowest BCUT2D eigenvalue weighted by molar-refractivity contribution is -0.117. The number of rotatable bonds is 5. The molecule has 1 amide bonds. The number of nitriles is 1. The summed E-state index contributed by atoms with van der Waals surface area (Å²) in [7, 11) is 0. The zero-order valence-electron chi connectivity index (χ0n) is 16.3. The third kappa shape index (κ3) is 4.91. The number of aromatic amines is 1. The molecule has 4 rings (SSSR count). The Bertz CT molecular complexity index is 1290. The van der Waals surface area contributed by atoms with E-state index < -0.39 is 5.56 Å². The Morgan fingerprint density at radius 2 is 1.88 bits per heavy atom. The first kappa shape index (κ1) is 21.8. The monoisotopic (exact) mass is 482 g/mol. The van der Waals surface area contributed by atoms with Gasteiger partial charge in [-0.05, 0) is 36.4 Å². The Hall–Kier alpha value is -3.39. The summed E-state index contributed by atoms with van der Waals surface area (Å²) < 4.78 is 0.605. The highest BCUT2D eigenvalue weighted by Gasteiger charge is 2.25. The van der Waals surface area contributed by atoms with E-state index in [0.717, 1.165) is 0 Å². The van der Waals surface area contributed by atoms with Gasteiger partial charge in [-0.15, -0.1) is 0 Å². The molecule has 8 nitrogen and oxygen atoms in total. The topological polar surface area (TPSA) is 123 Å². The second kappa shape index (κ2) is 9.40. The van der Waals surface area contributed by atoms with Crippen molar-refractivity contribution < 1.29 is 4.79 Å². The molecule has 1 saturated heterocycles. The molecule has 0 unspecified atom stereocenters. The lowest BCUT2D eigenvalue weighted by atomic mass is 10.1. The number of nitrogens with one attached hydrogen (secondary N) is 4. The molecule has 4 N–H and O–H groups in total. The van der Waals surface area contributed by atoms with Gasteiger partial charge in [0.1, 0.15) is 22.0 Å². The average Bonchev–Trinajstić information content (AvgIpc) is 3.22. The minimum atomic E-state index is -0.563. The Labute approximate surface area is 197 Å². The number of thioether (sulfide) groups is 1. The first-order chi connectivity index (χ1) is 15.4. The van der Waals surface area contributed by atoms with E-state index in [-0.39, 0.29) is 29.2 Å². The Morgan fingerprint density at radius 3 is 2.50 bits per heavy atom. The predicted molar refractivity (Wildman–Crippen MR) is 130 cm³/mol. The van der Waals surface area contributed by atoms with E-state index in [1.807, 2.05) is 6.07 Å². The fourth-order valence-electron chi connectivity index (χ4n) is 2.98. The number of anilines is 3. The second-order valence-electron chi connectivity index (χ2n) is 6.74. The van der Waals surface area contributed by atoms with E-state index in [4.69, 9.17) is 23.8 Å². The molecule has 3 aromatic rings. The fourth-order valence-corrected chi connectivity index (χ4v) is 4.23. The molecule has 0 aliphatic carbocycles. The molecule has 2 aromatic carbocycles. The molecule has 2 heterocycles. The third-order valence-corrected chi connectivity index (χ3v) is 6.16. The number of carbonyl (C=O) groups excluding carboxylic acids is 1. The van der Waals surface area contributed by atoms with Crippen LogP contribution in [0.25, 0.3) is 11.3 Å². The van der Waals surface area contributed by atoms with Crippen LogP contribution in [0.15, 0.2) is 53.3 Å². The van der Waals surface area contributed by atoms with Gasteiger partial charge in [-0.3, -0.25) is 14.6 Å². The Morgan fingerprint density at radius 1 is 1.19 bits per heavy atom. The number of halogens is 1. The second-order valence-corrected chi connectivity index (χ2v) is 8.88. The van der Waals surface area contributed by atoms with E-state index in [1.165, 1.54) is 11.8 Å². The van der Waals surface area contributed by atoms with E-state index >= 15 is 0 Å². The van der Waals surface area contributed by atoms with Crippen molar-refractivity contribution in [3.8, 4) is 17.3 Å². The average molecular weight is 483 g/mol. The molecule has 0 bridgehead atoms. The van der Waals surface area contributed by atoms with Crippen LogP contribution in [0.4, 0.5) is 17.3 Å². The maximum absolute atomic E-state index is 12.4. The lowest BCUT2D eigenvalue weighted by Crippen LogP contribution is -2.38. The summed E-state index contributed by atoms with van der Waals surface area (Å²) in [5.74, 6) is 0.574. The number of benzene rings is 2. The third-order valence-electron chi connectivity index (χ3n) is 4.55. The van der Waals surface area contributed by atoms with Crippen LogP contribution in [0.5, 0.6) is 0 Å². The van der Waals surface area contributed by atoms with Gasteiger partial charge in [0, 0.05) is 27.7 Å². The molecule has 11 heteroatoms. The minimum Gasteiger partial charge on any atom is -0.359 e. The van der Waals surface area contributed by atoms with Crippen molar-refractivity contribution in [1.29, 1.82) is 5.26 Å². The predicted octanol–water partition coefficient (Wildman–Crippen LogP) is 3.63. The molecule has 1 atom stereocenters. The van der Waals surface area contributed by atoms with Gasteiger partial charge in [0.05, 0.1) is 5.69 Å². The quantitative estimate of drug-likeness (QED) is 0.406. The maximum Gasteiger partial charge on any atom is 0.270 e. The van der Waals surface area contributed by atoms with Gasteiger partial charge in [0.2, 0.25) is 11.9 Å². The number of hydrogen-bond acceptors (Lipinski definition) is 7. The van der Waals surface area contributed by atoms with Crippen molar-refractivity contribution in [3.63, 3.8) is 0 Å². The van der Waals surface area contributed by atoms with Gasteiger partial charge in [-0.2, -0.15) is 5.26 Å². The zero-order chi connectivity index (χ0) is 22.7. The van der Waals surface area contributed by atoms with Crippen LogP contribution < -0.4 is 21.5 Å². The normalized spacial score (nSPS) is 15.0. The van der Waals surface area contributed by atoms with E-state index in [9.17, 15) is 14.9 Å². The van der Waals surface area contributed by atoms with Gasteiger partial charge < -0.3 is 16.0 Å². The van der Waals surface area contributed by atoms with Crippen LogP contribution in [0, 0.1) is 11.3 Å². The van der Waals surface area contributed by atoms with Crippen molar-refractivity contribution >= 4 is 63.1 Å². The van der Waals surface area contributed by atoms with Crippen LogP contribution in [0.2, 0.25) is 5.02 Å². The van der Waals surface area contributed by atoms with Crippen molar-refractivity contribution in [2.45, 2.75) is 6.04 Å². The Balaban J connectivity index is 1.58. The molecule has 160 valence electrons. The number of carbonyl (C=O) groups is 1. The van der Waals surface area contributed by atoms with E-state index in [1.54, 1.807) is 48.5 Å². The molecule has 1 aliphatic heterocycles. The van der Waals surface area contributed by atoms with Crippen molar-refractivity contribution in [1.82, 2.24) is 15.3 Å². The maximum atomic E-state index is 12.4. The number of thiocarbonyl (C=S) groups is 1. The van der Waals surface area contributed by atoms with Crippen molar-refractivity contribution in [2.75, 3.05) is 16.4 Å². The molecule has 0 spiro atoms. The summed E-state index contributed by atoms with van der Waals surface area (Å²) in [6.45, 7) is 0. The highest BCUT2D eigenvalue weighted by Crippen LogP contribution is 2.24.